The van der Waals surface area contributed by atoms with Crippen LogP contribution in [0.15, 0.2) is 72.1 Å². The van der Waals surface area contributed by atoms with E-state index in [1.54, 1.807) is 53.9 Å². The van der Waals surface area contributed by atoms with Crippen molar-refractivity contribution in [1.29, 1.82) is 0 Å². The predicted molar refractivity (Wildman–Crippen MR) is 133 cm³/mol. The molecule has 0 spiro atoms. The van der Waals surface area contributed by atoms with E-state index in [1.807, 2.05) is 39.0 Å². The Morgan fingerprint density at radius 2 is 1.73 bits per heavy atom. The number of thiophene rings is 1. The molecule has 2 aromatic carbocycles. The Balaban J connectivity index is 2.00. The number of nitrogens with zero attached hydrogens (tertiary/aromatic N) is 1. The number of benzene rings is 2. The van der Waals surface area contributed by atoms with E-state index in [-0.39, 0.29) is 18.4 Å². The smallest absolute Gasteiger partial charge is 0.261 e. The van der Waals surface area contributed by atoms with Gasteiger partial charge in [0.2, 0.25) is 11.8 Å². The molecule has 2 N–H and O–H groups in total. The van der Waals surface area contributed by atoms with Crippen LogP contribution in [0.25, 0.3) is 0 Å². The van der Waals surface area contributed by atoms with E-state index in [2.05, 4.69) is 10.6 Å². The molecule has 0 fully saturated rings. The second-order valence-electron chi connectivity index (χ2n) is 8.46. The van der Waals surface area contributed by atoms with E-state index in [9.17, 15) is 14.4 Å². The van der Waals surface area contributed by atoms with Crippen molar-refractivity contribution in [3.63, 3.8) is 0 Å². The van der Waals surface area contributed by atoms with Crippen LogP contribution in [0.2, 0.25) is 5.02 Å². The number of carbonyl (C=O) groups excluding carboxylic acids is 3. The van der Waals surface area contributed by atoms with Crippen LogP contribution in [0.3, 0.4) is 0 Å². The molecule has 0 aliphatic carbocycles. The number of hydrogen-bond donors (Lipinski definition) is 2. The number of amides is 3. The lowest BCUT2D eigenvalue weighted by Gasteiger charge is -2.34. The van der Waals surface area contributed by atoms with E-state index in [4.69, 9.17) is 11.6 Å². The zero-order valence-electron chi connectivity index (χ0n) is 18.7. The minimum absolute atomic E-state index is 0.282. The maximum atomic E-state index is 13.5. The van der Waals surface area contributed by atoms with Gasteiger partial charge in [0.25, 0.3) is 5.91 Å². The predicted octanol–water partition coefficient (Wildman–Crippen LogP) is 4.82. The van der Waals surface area contributed by atoms with Crippen LogP contribution in [-0.2, 0) is 9.59 Å². The molecule has 0 aliphatic rings. The summed E-state index contributed by atoms with van der Waals surface area (Å²) in [4.78, 5) is 41.3. The Morgan fingerprint density at radius 3 is 2.33 bits per heavy atom. The summed E-state index contributed by atoms with van der Waals surface area (Å²) in [5.74, 6) is -1.13. The average molecular weight is 484 g/mol. The molecule has 1 heterocycles. The van der Waals surface area contributed by atoms with Gasteiger partial charge in [0.1, 0.15) is 6.04 Å². The lowest BCUT2D eigenvalue weighted by atomic mass is 10.0. The highest BCUT2D eigenvalue weighted by Gasteiger charge is 2.34. The van der Waals surface area contributed by atoms with Gasteiger partial charge in [0, 0.05) is 16.2 Å². The molecule has 172 valence electrons. The zero-order valence-corrected chi connectivity index (χ0v) is 20.2. The van der Waals surface area contributed by atoms with Crippen LogP contribution >= 0.6 is 22.9 Å². The summed E-state index contributed by atoms with van der Waals surface area (Å²) in [7, 11) is 0. The molecule has 0 unspecified atom stereocenters. The first-order chi connectivity index (χ1) is 15.7. The minimum Gasteiger partial charge on any atom is -0.349 e. The Hall–Kier alpha value is -3.16. The van der Waals surface area contributed by atoms with Gasteiger partial charge in [-0.3, -0.25) is 19.3 Å². The van der Waals surface area contributed by atoms with Crippen molar-refractivity contribution in [3.8, 4) is 0 Å². The van der Waals surface area contributed by atoms with E-state index < -0.39 is 17.5 Å². The molecular formula is C25H26ClN3O3S. The normalized spacial score (nSPS) is 12.0. The summed E-state index contributed by atoms with van der Waals surface area (Å²) in [5.41, 5.74) is 0.577. The Morgan fingerprint density at radius 1 is 1.00 bits per heavy atom. The van der Waals surface area contributed by atoms with Crippen LogP contribution in [0.5, 0.6) is 0 Å². The molecule has 0 bridgehead atoms. The largest absolute Gasteiger partial charge is 0.349 e. The highest BCUT2D eigenvalue weighted by molar-refractivity contribution is 7.12. The molecule has 1 atom stereocenters. The number of rotatable bonds is 7. The van der Waals surface area contributed by atoms with E-state index in [0.717, 1.165) is 0 Å². The summed E-state index contributed by atoms with van der Waals surface area (Å²) in [6.45, 7) is 5.34. The Kier molecular flexibility index (Phi) is 7.89. The fourth-order valence-corrected chi connectivity index (χ4v) is 4.11. The molecule has 3 aromatic rings. The summed E-state index contributed by atoms with van der Waals surface area (Å²) < 4.78 is 0. The van der Waals surface area contributed by atoms with Gasteiger partial charge in [0.15, 0.2) is 0 Å². The molecule has 0 radical (unpaired) electrons. The van der Waals surface area contributed by atoms with Crippen LogP contribution in [-0.4, -0.2) is 29.8 Å². The number of halogens is 1. The minimum atomic E-state index is -0.963. The van der Waals surface area contributed by atoms with Crippen molar-refractivity contribution < 1.29 is 14.4 Å². The van der Waals surface area contributed by atoms with Crippen molar-refractivity contribution in [3.05, 3.63) is 87.6 Å². The second-order valence-corrected chi connectivity index (χ2v) is 9.84. The topological polar surface area (TPSA) is 78.5 Å². The molecule has 6 nitrogen and oxygen atoms in total. The first-order valence-electron chi connectivity index (χ1n) is 10.4. The van der Waals surface area contributed by atoms with Gasteiger partial charge < -0.3 is 10.6 Å². The average Bonchev–Trinajstić information content (AvgIpc) is 3.30. The first kappa shape index (κ1) is 24.5. The molecule has 3 amide bonds. The maximum Gasteiger partial charge on any atom is 0.261 e. The fraction of sp³-hybridized carbons (Fsp3) is 0.240. The van der Waals surface area contributed by atoms with Gasteiger partial charge in [0.05, 0.1) is 11.4 Å². The Bertz CT molecular complexity index is 1110. The fourth-order valence-electron chi connectivity index (χ4n) is 3.29. The molecular weight excluding hydrogens is 458 g/mol. The van der Waals surface area contributed by atoms with Crippen LogP contribution < -0.4 is 15.5 Å². The highest BCUT2D eigenvalue weighted by atomic mass is 35.5. The molecule has 3 rings (SSSR count). The quantitative estimate of drug-likeness (QED) is 0.505. The lowest BCUT2D eigenvalue weighted by Crippen LogP contribution is -2.51. The monoisotopic (exact) mass is 483 g/mol. The second kappa shape index (κ2) is 10.6. The van der Waals surface area contributed by atoms with Crippen molar-refractivity contribution >= 4 is 46.3 Å². The van der Waals surface area contributed by atoms with Crippen LogP contribution in [0.1, 0.15) is 42.0 Å². The van der Waals surface area contributed by atoms with E-state index in [1.165, 1.54) is 16.2 Å². The van der Waals surface area contributed by atoms with Crippen LogP contribution in [0.4, 0.5) is 5.69 Å². The maximum absolute atomic E-state index is 13.5. The van der Waals surface area contributed by atoms with Gasteiger partial charge in [-0.05, 0) is 56.0 Å². The third kappa shape index (κ3) is 6.66. The van der Waals surface area contributed by atoms with Gasteiger partial charge in [-0.25, -0.2) is 0 Å². The number of anilines is 1. The molecule has 0 aliphatic heterocycles. The van der Waals surface area contributed by atoms with Crippen molar-refractivity contribution in [2.45, 2.75) is 32.4 Å². The summed E-state index contributed by atoms with van der Waals surface area (Å²) in [5, 5.41) is 7.85. The van der Waals surface area contributed by atoms with E-state index in [0.29, 0.717) is 21.2 Å². The zero-order chi connectivity index (χ0) is 24.0. The van der Waals surface area contributed by atoms with E-state index >= 15 is 0 Å². The summed E-state index contributed by atoms with van der Waals surface area (Å²) in [6, 6.07) is 18.3. The highest BCUT2D eigenvalue weighted by Crippen LogP contribution is 2.30. The molecule has 8 heteroatoms. The molecule has 0 saturated carbocycles. The van der Waals surface area contributed by atoms with Gasteiger partial charge >= 0.3 is 0 Å². The standard InChI is InChI=1S/C25H26ClN3O3S/c1-25(2,3)28-24(32)22(17-9-5-4-6-10-17)29(19-12-7-11-18(26)15-19)21(30)16-27-23(31)20-13-8-14-33-20/h4-15,22H,16H2,1-3H3,(H,27,31)(H,28,32)/t22-/m1/s1. The third-order valence-corrected chi connectivity index (χ3v) is 5.72. The lowest BCUT2D eigenvalue weighted by molar-refractivity contribution is -0.127. The summed E-state index contributed by atoms with van der Waals surface area (Å²) >= 11 is 7.50. The van der Waals surface area contributed by atoms with Crippen molar-refractivity contribution in [1.82, 2.24) is 10.6 Å². The first-order valence-corrected chi connectivity index (χ1v) is 11.7. The number of nitrogens with one attached hydrogen (secondary N) is 2. The van der Waals surface area contributed by atoms with Gasteiger partial charge in [-0.1, -0.05) is 54.1 Å². The van der Waals surface area contributed by atoms with Crippen molar-refractivity contribution in [2.24, 2.45) is 0 Å². The number of carbonyl (C=O) groups is 3. The van der Waals surface area contributed by atoms with Gasteiger partial charge in [-0.2, -0.15) is 0 Å². The van der Waals surface area contributed by atoms with Gasteiger partial charge in [-0.15, -0.1) is 11.3 Å². The van der Waals surface area contributed by atoms with Crippen LogP contribution in [0, 0.1) is 0 Å². The molecule has 33 heavy (non-hydrogen) atoms. The number of hydrogen-bond acceptors (Lipinski definition) is 4. The molecule has 1 aromatic heterocycles. The SMILES string of the molecule is CC(C)(C)NC(=O)[C@@H](c1ccccc1)N(C(=O)CNC(=O)c1cccs1)c1cccc(Cl)c1. The summed E-state index contributed by atoms with van der Waals surface area (Å²) in [6.07, 6.45) is 0. The van der Waals surface area contributed by atoms with Crippen molar-refractivity contribution in [2.75, 3.05) is 11.4 Å². The Labute approximate surface area is 202 Å². The third-order valence-electron chi connectivity index (χ3n) is 4.62. The molecule has 0 saturated heterocycles.